The van der Waals surface area contributed by atoms with Crippen LogP contribution in [0.3, 0.4) is 0 Å². The van der Waals surface area contributed by atoms with Crippen LogP contribution in [-0.4, -0.2) is 36.3 Å². The highest BCUT2D eigenvalue weighted by atomic mass is 32.2. The molecule has 146 valence electrons. The fraction of sp³-hybridized carbons (Fsp3) is 0.429. The summed E-state index contributed by atoms with van der Waals surface area (Å²) in [5.41, 5.74) is 5.23. The minimum absolute atomic E-state index is 0.120. The molecule has 2 heterocycles. The number of thioether (sulfide) groups is 1. The molecule has 1 aliphatic rings. The van der Waals surface area contributed by atoms with E-state index in [0.717, 1.165) is 16.9 Å². The van der Waals surface area contributed by atoms with Crippen LogP contribution in [0.5, 0.6) is 0 Å². The zero-order valence-electron chi connectivity index (χ0n) is 16.7. The normalized spacial score (nSPS) is 14.0. The van der Waals surface area contributed by atoms with Gasteiger partial charge in [0.25, 0.3) is 0 Å². The summed E-state index contributed by atoms with van der Waals surface area (Å²) in [6.07, 6.45) is 2.42. The Hall–Kier alpha value is -2.41. The summed E-state index contributed by atoms with van der Waals surface area (Å²) in [5.74, 6) is 0.915. The lowest BCUT2D eigenvalue weighted by atomic mass is 10.0. The molecule has 0 atom stereocenters. The van der Waals surface area contributed by atoms with Gasteiger partial charge in [-0.05, 0) is 66.8 Å². The number of aryl methyl sites for hydroxylation is 1. The number of aromatic nitrogens is 5. The second kappa shape index (κ2) is 7.54. The van der Waals surface area contributed by atoms with E-state index in [4.69, 9.17) is 0 Å². The first-order valence-electron chi connectivity index (χ1n) is 9.69. The quantitative estimate of drug-likeness (QED) is 0.435. The van der Waals surface area contributed by atoms with Gasteiger partial charge in [0.2, 0.25) is 5.16 Å². The molecule has 0 spiro atoms. The minimum Gasteiger partial charge on any atom is -0.345 e. The number of rotatable bonds is 7. The van der Waals surface area contributed by atoms with Crippen molar-refractivity contribution in [2.75, 3.05) is 5.75 Å². The van der Waals surface area contributed by atoms with Gasteiger partial charge < -0.3 is 4.57 Å². The number of carbonyl (C=O) groups is 1. The van der Waals surface area contributed by atoms with E-state index in [9.17, 15) is 4.79 Å². The van der Waals surface area contributed by atoms with Crippen molar-refractivity contribution in [2.24, 2.45) is 0 Å². The molecule has 1 fully saturated rings. The molecule has 1 saturated carbocycles. The van der Waals surface area contributed by atoms with E-state index < -0.39 is 0 Å². The first kappa shape index (κ1) is 18.9. The van der Waals surface area contributed by atoms with E-state index in [1.54, 1.807) is 4.68 Å². The second-order valence-electron chi connectivity index (χ2n) is 7.72. The smallest absolute Gasteiger partial charge is 0.214 e. The molecule has 1 aliphatic carbocycles. The van der Waals surface area contributed by atoms with Crippen molar-refractivity contribution in [2.45, 2.75) is 57.7 Å². The number of benzene rings is 1. The number of nitrogens with zero attached hydrogens (tertiary/aromatic N) is 5. The highest BCUT2D eigenvalue weighted by Crippen LogP contribution is 2.38. The first-order valence-corrected chi connectivity index (χ1v) is 10.7. The zero-order chi connectivity index (χ0) is 19.8. The van der Waals surface area contributed by atoms with Gasteiger partial charge in [0.1, 0.15) is 0 Å². The highest BCUT2D eigenvalue weighted by molar-refractivity contribution is 7.99. The van der Waals surface area contributed by atoms with E-state index >= 15 is 0 Å². The van der Waals surface area contributed by atoms with Gasteiger partial charge in [0.05, 0.1) is 11.4 Å². The van der Waals surface area contributed by atoms with Crippen molar-refractivity contribution >= 4 is 17.5 Å². The predicted molar refractivity (Wildman–Crippen MR) is 110 cm³/mol. The van der Waals surface area contributed by atoms with Gasteiger partial charge in [-0.25, -0.2) is 0 Å². The minimum atomic E-state index is 0.120. The van der Waals surface area contributed by atoms with E-state index in [-0.39, 0.29) is 5.78 Å². The molecule has 4 rings (SSSR count). The summed E-state index contributed by atoms with van der Waals surface area (Å²) < 4.78 is 3.99. The van der Waals surface area contributed by atoms with Crippen LogP contribution in [0.4, 0.5) is 0 Å². The van der Waals surface area contributed by atoms with Gasteiger partial charge in [-0.1, -0.05) is 37.7 Å². The van der Waals surface area contributed by atoms with Gasteiger partial charge in [-0.3, -0.25) is 4.79 Å². The van der Waals surface area contributed by atoms with Crippen LogP contribution in [0.15, 0.2) is 35.5 Å². The Morgan fingerprint density at radius 1 is 1.21 bits per heavy atom. The molecular weight excluding hydrogens is 370 g/mol. The Bertz CT molecular complexity index is 998. The number of ketones is 1. The molecule has 2 aromatic heterocycles. The molecule has 0 saturated heterocycles. The van der Waals surface area contributed by atoms with Gasteiger partial charge >= 0.3 is 0 Å². The molecule has 0 bridgehead atoms. The van der Waals surface area contributed by atoms with E-state index in [2.05, 4.69) is 53.0 Å². The van der Waals surface area contributed by atoms with Gasteiger partial charge in [-0.15, -0.1) is 5.10 Å². The topological polar surface area (TPSA) is 65.6 Å². The summed E-state index contributed by atoms with van der Waals surface area (Å²) in [6.45, 7) is 8.46. The maximum Gasteiger partial charge on any atom is 0.214 e. The van der Waals surface area contributed by atoms with Crippen LogP contribution < -0.4 is 0 Å². The van der Waals surface area contributed by atoms with Crippen LogP contribution in [0.2, 0.25) is 0 Å². The predicted octanol–water partition coefficient (Wildman–Crippen LogP) is 4.51. The molecule has 1 aromatic carbocycles. The molecule has 6 nitrogen and oxygen atoms in total. The highest BCUT2D eigenvalue weighted by Gasteiger charge is 2.28. The van der Waals surface area contributed by atoms with Gasteiger partial charge in [-0.2, -0.15) is 4.68 Å². The number of hydrogen-bond donors (Lipinski definition) is 0. The summed E-state index contributed by atoms with van der Waals surface area (Å²) in [6, 6.07) is 10.8. The fourth-order valence-electron chi connectivity index (χ4n) is 3.59. The lowest BCUT2D eigenvalue weighted by molar-refractivity contribution is 0.102. The summed E-state index contributed by atoms with van der Waals surface area (Å²) in [7, 11) is 0. The third kappa shape index (κ3) is 3.63. The Balaban J connectivity index is 1.48. The molecule has 0 unspecified atom stereocenters. The number of tetrazole rings is 1. The standard InChI is InChI=1S/C21H25N5OS/c1-13(2)16-5-7-18(8-6-16)26-21(22-23-24-26)28-12-20(27)19-11-14(3)25(15(19)4)17-9-10-17/h5-8,11,13,17H,9-10,12H2,1-4H3. The van der Waals surface area contributed by atoms with Crippen LogP contribution in [-0.2, 0) is 0 Å². The average Bonchev–Trinajstić information content (AvgIpc) is 3.31. The van der Waals surface area contributed by atoms with Crippen LogP contribution in [0.1, 0.15) is 66.0 Å². The van der Waals surface area contributed by atoms with Crippen molar-refractivity contribution in [1.82, 2.24) is 24.8 Å². The maximum atomic E-state index is 12.8. The molecule has 0 amide bonds. The van der Waals surface area contributed by atoms with Crippen molar-refractivity contribution < 1.29 is 4.79 Å². The third-order valence-electron chi connectivity index (χ3n) is 5.27. The number of carbonyl (C=O) groups excluding carboxylic acids is 1. The van der Waals surface area contributed by atoms with Crippen molar-refractivity contribution in [3.05, 3.63) is 52.8 Å². The van der Waals surface area contributed by atoms with Crippen molar-refractivity contribution in [1.29, 1.82) is 0 Å². The molecule has 28 heavy (non-hydrogen) atoms. The molecule has 0 aliphatic heterocycles. The summed E-state index contributed by atoms with van der Waals surface area (Å²) >= 11 is 1.38. The average molecular weight is 396 g/mol. The molecule has 0 N–H and O–H groups in total. The van der Waals surface area contributed by atoms with Crippen molar-refractivity contribution in [3.8, 4) is 5.69 Å². The Kier molecular flexibility index (Phi) is 5.10. The second-order valence-corrected chi connectivity index (χ2v) is 8.66. The monoisotopic (exact) mass is 395 g/mol. The van der Waals surface area contributed by atoms with Crippen LogP contribution in [0.25, 0.3) is 5.69 Å². The molecular formula is C21H25N5OS. The first-order chi connectivity index (χ1) is 13.5. The molecule has 3 aromatic rings. The largest absolute Gasteiger partial charge is 0.345 e. The Morgan fingerprint density at radius 2 is 1.93 bits per heavy atom. The number of hydrogen-bond acceptors (Lipinski definition) is 5. The van der Waals surface area contributed by atoms with Gasteiger partial charge in [0, 0.05) is 23.0 Å². The maximum absolute atomic E-state index is 12.8. The summed E-state index contributed by atoms with van der Waals surface area (Å²) in [4.78, 5) is 12.8. The van der Waals surface area contributed by atoms with E-state index in [1.165, 1.54) is 35.9 Å². The van der Waals surface area contributed by atoms with E-state index in [1.807, 2.05) is 25.1 Å². The SMILES string of the molecule is Cc1cc(C(=O)CSc2nnnn2-c2ccc(C(C)C)cc2)c(C)n1C1CC1. The number of Topliss-reactive ketones (excluding diaryl/α,β-unsaturated/α-hetero) is 1. The summed E-state index contributed by atoms with van der Waals surface area (Å²) in [5, 5.41) is 12.6. The lowest BCUT2D eigenvalue weighted by Crippen LogP contribution is -2.07. The fourth-order valence-corrected chi connectivity index (χ4v) is 4.37. The molecule has 0 radical (unpaired) electrons. The van der Waals surface area contributed by atoms with Crippen LogP contribution >= 0.6 is 11.8 Å². The van der Waals surface area contributed by atoms with E-state index in [0.29, 0.717) is 22.9 Å². The van der Waals surface area contributed by atoms with Crippen molar-refractivity contribution in [3.63, 3.8) is 0 Å². The van der Waals surface area contributed by atoms with Gasteiger partial charge in [0.15, 0.2) is 5.78 Å². The lowest BCUT2D eigenvalue weighted by Gasteiger charge is -2.08. The van der Waals surface area contributed by atoms with Crippen LogP contribution in [0, 0.1) is 13.8 Å². The Labute approximate surface area is 169 Å². The zero-order valence-corrected chi connectivity index (χ0v) is 17.5. The Morgan fingerprint density at radius 3 is 2.57 bits per heavy atom. The third-order valence-corrected chi connectivity index (χ3v) is 6.19. The molecule has 7 heteroatoms.